The molecule has 8 heteroatoms. The molecular formula is C18H27NO7. The first-order valence-electron chi connectivity index (χ1n) is 8.99. The van der Waals surface area contributed by atoms with E-state index in [9.17, 15) is 24.9 Å². The van der Waals surface area contributed by atoms with Gasteiger partial charge < -0.3 is 24.8 Å². The number of nitrogens with zero attached hydrogens (tertiary/aromatic N) is 1. The first-order valence-corrected chi connectivity index (χ1v) is 8.99. The number of carbonyl (C=O) groups is 2. The Kier molecular flexibility index (Phi) is 4.89. The number of aliphatic hydroxyl groups excluding tert-OH is 1. The molecule has 26 heavy (non-hydrogen) atoms. The van der Waals surface area contributed by atoms with Gasteiger partial charge >= 0.3 is 11.9 Å². The van der Waals surface area contributed by atoms with Crippen molar-refractivity contribution in [3.8, 4) is 0 Å². The smallest absolute Gasteiger partial charge is 0.341 e. The average molecular weight is 369 g/mol. The zero-order chi connectivity index (χ0) is 19.3. The number of hydrogen-bond donors (Lipinski definition) is 3. The summed E-state index contributed by atoms with van der Waals surface area (Å²) in [7, 11) is 0. The molecule has 3 aliphatic rings. The molecule has 0 aromatic heterocycles. The van der Waals surface area contributed by atoms with Gasteiger partial charge in [0, 0.05) is 24.9 Å². The van der Waals surface area contributed by atoms with Crippen LogP contribution in [-0.2, 0) is 19.1 Å². The minimum atomic E-state index is -2.23. The van der Waals surface area contributed by atoms with Gasteiger partial charge in [-0.05, 0) is 18.9 Å². The molecule has 3 N–H and O–H groups in total. The van der Waals surface area contributed by atoms with E-state index >= 15 is 0 Å². The molecule has 0 aromatic rings. The van der Waals surface area contributed by atoms with E-state index in [2.05, 4.69) is 4.90 Å². The van der Waals surface area contributed by atoms with Crippen LogP contribution in [0.1, 0.15) is 27.2 Å². The third kappa shape index (κ3) is 2.85. The molecule has 8 nitrogen and oxygen atoms in total. The Balaban J connectivity index is 1.98. The van der Waals surface area contributed by atoms with Crippen molar-refractivity contribution in [2.45, 2.75) is 50.5 Å². The van der Waals surface area contributed by atoms with Gasteiger partial charge in [0.2, 0.25) is 0 Å². The Labute approximate surface area is 152 Å². The molecule has 0 aromatic carbocycles. The highest BCUT2D eigenvalue weighted by Gasteiger charge is 2.54. The van der Waals surface area contributed by atoms with Crippen LogP contribution in [0, 0.1) is 11.8 Å². The fourth-order valence-electron chi connectivity index (χ4n) is 4.14. The highest BCUT2D eigenvalue weighted by Crippen LogP contribution is 2.37. The number of cyclic esters (lactones) is 1. The van der Waals surface area contributed by atoms with Crippen LogP contribution in [0.2, 0.25) is 0 Å². The van der Waals surface area contributed by atoms with Gasteiger partial charge in [0.15, 0.2) is 11.2 Å². The number of esters is 2. The predicted molar refractivity (Wildman–Crippen MR) is 89.9 cm³/mol. The summed E-state index contributed by atoms with van der Waals surface area (Å²) in [6.45, 7) is 4.83. The molecule has 146 valence electrons. The number of hydrogen-bond acceptors (Lipinski definition) is 8. The van der Waals surface area contributed by atoms with E-state index in [0.29, 0.717) is 13.0 Å². The minimum Gasteiger partial charge on any atom is -0.459 e. The second kappa shape index (κ2) is 6.60. The zero-order valence-electron chi connectivity index (χ0n) is 15.3. The molecule has 0 spiro atoms. The molecule has 3 rings (SSSR count). The number of ether oxygens (including phenoxy) is 2. The van der Waals surface area contributed by atoms with Crippen molar-refractivity contribution in [1.82, 2.24) is 4.90 Å². The normalized spacial score (nSPS) is 44.5. The van der Waals surface area contributed by atoms with Gasteiger partial charge in [-0.25, -0.2) is 9.59 Å². The minimum absolute atomic E-state index is 0.0339. The maximum absolute atomic E-state index is 12.7. The molecule has 0 radical (unpaired) electrons. The van der Waals surface area contributed by atoms with Gasteiger partial charge in [-0.1, -0.05) is 19.9 Å². The maximum atomic E-state index is 12.7. The van der Waals surface area contributed by atoms with E-state index < -0.39 is 47.7 Å². The summed E-state index contributed by atoms with van der Waals surface area (Å²) in [4.78, 5) is 27.3. The summed E-state index contributed by atoms with van der Waals surface area (Å²) in [5.74, 6) is -3.56. The second-order valence-electron chi connectivity index (χ2n) is 7.83. The molecule has 0 bridgehead atoms. The lowest BCUT2D eigenvalue weighted by molar-refractivity contribution is -0.195. The monoisotopic (exact) mass is 369 g/mol. The lowest BCUT2D eigenvalue weighted by Crippen LogP contribution is -2.58. The average Bonchev–Trinajstić information content (AvgIpc) is 3.19. The third-order valence-electron chi connectivity index (χ3n) is 6.44. The van der Waals surface area contributed by atoms with Crippen molar-refractivity contribution in [3.63, 3.8) is 0 Å². The molecular weight excluding hydrogens is 342 g/mol. The van der Waals surface area contributed by atoms with Gasteiger partial charge in [0.25, 0.3) is 0 Å². The van der Waals surface area contributed by atoms with E-state index in [-0.39, 0.29) is 12.6 Å². The molecule has 3 aliphatic heterocycles. The zero-order valence-corrected chi connectivity index (χ0v) is 15.3. The molecule has 0 unspecified atom stereocenters. The van der Waals surface area contributed by atoms with E-state index in [0.717, 1.165) is 12.1 Å². The van der Waals surface area contributed by atoms with Crippen LogP contribution in [0.4, 0.5) is 0 Å². The van der Waals surface area contributed by atoms with Crippen LogP contribution >= 0.6 is 0 Å². The molecule has 0 amide bonds. The molecule has 0 aliphatic carbocycles. The largest absolute Gasteiger partial charge is 0.459 e. The molecule has 3 heterocycles. The lowest BCUT2D eigenvalue weighted by Gasteiger charge is -2.40. The van der Waals surface area contributed by atoms with Crippen molar-refractivity contribution in [3.05, 3.63) is 11.6 Å². The van der Waals surface area contributed by atoms with Crippen molar-refractivity contribution in [2.75, 3.05) is 26.3 Å². The quantitative estimate of drug-likeness (QED) is 0.407. The molecule has 6 atom stereocenters. The standard InChI is InChI=1S/C18H27NO7/c1-10-11(2)18(24,9-20)16(22)25-8-12-4-6-19-7-5-13(14(12)19)26-15(21)17(10,3)23/h4,10-11,13-14,20,23-24H,5-9H2,1-3H3/t10-,11+,13-,14-,17+,18+/m1/s1. The van der Waals surface area contributed by atoms with Gasteiger partial charge in [0.1, 0.15) is 12.7 Å². The fraction of sp³-hybridized carbons (Fsp3) is 0.778. The summed E-state index contributed by atoms with van der Waals surface area (Å²) in [5, 5.41) is 31.2. The molecule has 2 fully saturated rings. The van der Waals surface area contributed by atoms with E-state index in [4.69, 9.17) is 9.47 Å². The van der Waals surface area contributed by atoms with Crippen LogP contribution in [0.15, 0.2) is 11.6 Å². The van der Waals surface area contributed by atoms with Crippen LogP contribution in [0.5, 0.6) is 0 Å². The summed E-state index contributed by atoms with van der Waals surface area (Å²) in [5.41, 5.74) is -3.36. The number of aliphatic hydroxyl groups is 3. The Morgan fingerprint density at radius 2 is 1.92 bits per heavy atom. The highest BCUT2D eigenvalue weighted by molar-refractivity contribution is 5.82. The first-order chi connectivity index (χ1) is 12.1. The summed E-state index contributed by atoms with van der Waals surface area (Å²) >= 11 is 0. The SMILES string of the molecule is C[C@@H]1[C@H](C)[C@@](O)(CO)C(=O)OCC2=CCN3CC[C@@H](OC(=O)[C@@]1(C)O)[C@@H]23. The van der Waals surface area contributed by atoms with Crippen LogP contribution in [0.25, 0.3) is 0 Å². The van der Waals surface area contributed by atoms with Gasteiger partial charge in [0.05, 0.1) is 12.6 Å². The Bertz CT molecular complexity index is 631. The number of carbonyl (C=O) groups excluding carboxylic acids is 2. The van der Waals surface area contributed by atoms with Crippen LogP contribution < -0.4 is 0 Å². The topological polar surface area (TPSA) is 117 Å². The maximum Gasteiger partial charge on any atom is 0.341 e. The lowest BCUT2D eigenvalue weighted by atomic mass is 9.73. The third-order valence-corrected chi connectivity index (χ3v) is 6.44. The Morgan fingerprint density at radius 3 is 2.58 bits per heavy atom. The van der Waals surface area contributed by atoms with Gasteiger partial charge in [-0.3, -0.25) is 4.90 Å². The summed E-state index contributed by atoms with van der Waals surface area (Å²) in [6, 6.07) is -0.197. The predicted octanol–water partition coefficient (Wildman–Crippen LogP) is -0.784. The van der Waals surface area contributed by atoms with Crippen LogP contribution in [0.3, 0.4) is 0 Å². The molecule has 0 saturated carbocycles. The van der Waals surface area contributed by atoms with Crippen molar-refractivity contribution in [2.24, 2.45) is 11.8 Å². The van der Waals surface area contributed by atoms with E-state index in [1.54, 1.807) is 0 Å². The van der Waals surface area contributed by atoms with Gasteiger partial charge in [-0.15, -0.1) is 0 Å². The number of rotatable bonds is 1. The van der Waals surface area contributed by atoms with E-state index in [1.165, 1.54) is 20.8 Å². The fourth-order valence-corrected chi connectivity index (χ4v) is 4.14. The van der Waals surface area contributed by atoms with Crippen molar-refractivity contribution < 1.29 is 34.4 Å². The van der Waals surface area contributed by atoms with Crippen molar-refractivity contribution in [1.29, 1.82) is 0 Å². The van der Waals surface area contributed by atoms with Crippen LogP contribution in [-0.4, -0.2) is 81.8 Å². The Hall–Kier alpha value is -1.48. The van der Waals surface area contributed by atoms with E-state index in [1.807, 2.05) is 6.08 Å². The Morgan fingerprint density at radius 1 is 1.23 bits per heavy atom. The molecule has 2 saturated heterocycles. The first kappa shape index (κ1) is 19.3. The van der Waals surface area contributed by atoms with Crippen molar-refractivity contribution >= 4 is 11.9 Å². The summed E-state index contributed by atoms with van der Waals surface area (Å²) in [6.07, 6.45) is 2.15. The second-order valence-corrected chi connectivity index (χ2v) is 7.83. The highest BCUT2D eigenvalue weighted by atomic mass is 16.6. The summed E-state index contributed by atoms with van der Waals surface area (Å²) < 4.78 is 10.9. The van der Waals surface area contributed by atoms with Gasteiger partial charge in [-0.2, -0.15) is 0 Å².